The number of aliphatic hydroxyl groups excluding tert-OH is 1. The second-order valence-electron chi connectivity index (χ2n) is 12.5. The van der Waals surface area contributed by atoms with Gasteiger partial charge in [0, 0.05) is 26.1 Å². The molecule has 9 heteroatoms. The molecule has 3 fully saturated rings. The van der Waals surface area contributed by atoms with Crippen molar-refractivity contribution in [1.29, 1.82) is 0 Å². The summed E-state index contributed by atoms with van der Waals surface area (Å²) in [6, 6.07) is 8.88. The number of rotatable bonds is 11. The molecule has 0 radical (unpaired) electrons. The molecular formula is C33H58BF4N2O2-. The van der Waals surface area contributed by atoms with Gasteiger partial charge in [0.1, 0.15) is 11.9 Å². The molecule has 1 aliphatic heterocycles. The number of benzene rings is 1. The van der Waals surface area contributed by atoms with Crippen LogP contribution in [0.3, 0.4) is 0 Å². The summed E-state index contributed by atoms with van der Waals surface area (Å²) in [5.74, 6) is 4.73. The van der Waals surface area contributed by atoms with Crippen LogP contribution in [0.25, 0.3) is 0 Å². The molecule has 0 spiro atoms. The van der Waals surface area contributed by atoms with Crippen LogP contribution in [0.4, 0.5) is 12.9 Å². The fraction of sp³-hybridized carbons (Fsp3) is 0.818. The van der Waals surface area contributed by atoms with Crippen LogP contribution in [0.1, 0.15) is 116 Å². The van der Waals surface area contributed by atoms with Crippen molar-refractivity contribution in [3.05, 3.63) is 29.8 Å². The van der Waals surface area contributed by atoms with E-state index in [9.17, 15) is 18.1 Å². The lowest BCUT2D eigenvalue weighted by atomic mass is 9.68. The summed E-state index contributed by atoms with van der Waals surface area (Å²) in [6.45, 7) is 11.8. The lowest BCUT2D eigenvalue weighted by molar-refractivity contribution is -0.0000147. The molecule has 42 heavy (non-hydrogen) atoms. The van der Waals surface area contributed by atoms with E-state index in [1.807, 2.05) is 0 Å². The SMILES string of the molecule is CCCC1CCC(C2CCC(c3ccc(OC(CCC)CCO)cc3)CC2)CC1.CCN1CCN(C)C1.FB(F)F.[F-]. The first-order valence-electron chi connectivity index (χ1n) is 16.5. The van der Waals surface area contributed by atoms with Gasteiger partial charge in [-0.1, -0.05) is 65.0 Å². The van der Waals surface area contributed by atoms with E-state index in [2.05, 4.69) is 61.9 Å². The third kappa shape index (κ3) is 14.9. The average Bonchev–Trinajstić information content (AvgIpc) is 3.40. The molecule has 244 valence electrons. The molecule has 1 aromatic rings. The molecule has 3 aliphatic rings. The second-order valence-corrected chi connectivity index (χ2v) is 12.5. The van der Waals surface area contributed by atoms with Crippen molar-refractivity contribution in [2.24, 2.45) is 17.8 Å². The normalized spacial score (nSPS) is 25.2. The largest absolute Gasteiger partial charge is 1.00 e. The summed E-state index contributed by atoms with van der Waals surface area (Å²) < 4.78 is 35.1. The smallest absolute Gasteiger partial charge is 0.762 e. The third-order valence-electron chi connectivity index (χ3n) is 9.43. The zero-order valence-electron chi connectivity index (χ0n) is 26.8. The summed E-state index contributed by atoms with van der Waals surface area (Å²) in [7, 11) is -1.50. The summed E-state index contributed by atoms with van der Waals surface area (Å²) in [6.07, 6.45) is 17.4. The fourth-order valence-electron chi connectivity index (χ4n) is 7.07. The van der Waals surface area contributed by atoms with Gasteiger partial charge >= 0.3 is 7.54 Å². The highest BCUT2D eigenvalue weighted by molar-refractivity contribution is 6.33. The quantitative estimate of drug-likeness (QED) is 0.265. The highest BCUT2D eigenvalue weighted by Gasteiger charge is 2.31. The Morgan fingerprint density at radius 3 is 1.86 bits per heavy atom. The first-order chi connectivity index (χ1) is 19.8. The van der Waals surface area contributed by atoms with E-state index < -0.39 is 7.54 Å². The van der Waals surface area contributed by atoms with Gasteiger partial charge in [0.05, 0.1) is 6.67 Å². The van der Waals surface area contributed by atoms with E-state index in [-0.39, 0.29) is 17.4 Å². The minimum atomic E-state index is -3.67. The Bertz CT molecular complexity index is 767. The van der Waals surface area contributed by atoms with Crippen molar-refractivity contribution >= 4 is 7.54 Å². The molecule has 1 heterocycles. The Hall–Kier alpha value is -1.32. The van der Waals surface area contributed by atoms with Crippen LogP contribution in [0.5, 0.6) is 5.75 Å². The minimum Gasteiger partial charge on any atom is -1.00 e. The molecule has 1 saturated heterocycles. The molecule has 1 aromatic carbocycles. The van der Waals surface area contributed by atoms with E-state index in [1.165, 1.54) is 89.4 Å². The molecule has 2 aliphatic carbocycles. The number of hydrogen-bond donors (Lipinski definition) is 1. The Balaban J connectivity index is 0.000000567. The predicted molar refractivity (Wildman–Crippen MR) is 166 cm³/mol. The molecular weight excluding hydrogens is 543 g/mol. The molecule has 0 aromatic heterocycles. The van der Waals surface area contributed by atoms with Crippen LogP contribution in [-0.4, -0.2) is 68.5 Å². The van der Waals surface area contributed by atoms with E-state index in [4.69, 9.17) is 4.74 Å². The van der Waals surface area contributed by atoms with Crippen LogP contribution in [0, 0.1) is 17.8 Å². The topological polar surface area (TPSA) is 35.9 Å². The van der Waals surface area contributed by atoms with E-state index >= 15 is 0 Å². The molecule has 4 rings (SSSR count). The molecule has 4 nitrogen and oxygen atoms in total. The van der Waals surface area contributed by atoms with Gasteiger partial charge in [0.15, 0.2) is 0 Å². The van der Waals surface area contributed by atoms with Crippen molar-refractivity contribution in [3.63, 3.8) is 0 Å². The maximum Gasteiger partial charge on any atom is 0.762 e. The van der Waals surface area contributed by atoms with E-state index in [0.29, 0.717) is 0 Å². The molecule has 1 N–H and O–H groups in total. The van der Waals surface area contributed by atoms with Crippen molar-refractivity contribution < 1.29 is 27.5 Å². The van der Waals surface area contributed by atoms with Gasteiger partial charge in [-0.15, -0.1) is 0 Å². The number of nitrogens with zero attached hydrogens (tertiary/aromatic N) is 2. The maximum atomic E-state index is 9.67. The van der Waals surface area contributed by atoms with Gasteiger partial charge in [0.25, 0.3) is 0 Å². The lowest BCUT2D eigenvalue weighted by Gasteiger charge is -2.38. The Morgan fingerprint density at radius 2 is 1.43 bits per heavy atom. The van der Waals surface area contributed by atoms with Crippen molar-refractivity contribution in [2.45, 2.75) is 116 Å². The number of hydrogen-bond acceptors (Lipinski definition) is 4. The molecule has 1 atom stereocenters. The number of aliphatic hydroxyl groups is 1. The lowest BCUT2D eigenvalue weighted by Crippen LogP contribution is -3.00. The minimum absolute atomic E-state index is 0. The summed E-state index contributed by atoms with van der Waals surface area (Å²) >= 11 is 0. The van der Waals surface area contributed by atoms with Gasteiger partial charge < -0.3 is 14.5 Å². The summed E-state index contributed by atoms with van der Waals surface area (Å²) in [5, 5.41) is 9.23. The van der Waals surface area contributed by atoms with Crippen LogP contribution in [0.2, 0.25) is 0 Å². The van der Waals surface area contributed by atoms with Crippen LogP contribution in [0.15, 0.2) is 24.3 Å². The van der Waals surface area contributed by atoms with Gasteiger partial charge in [-0.2, -0.15) is 0 Å². The Labute approximate surface area is 254 Å². The number of ether oxygens (including phenoxy) is 1. The standard InChI is InChI=1S/C27H44O2.C6H14N2.BF3.FH/c1-3-5-21-7-9-22(10-8-21)23-11-13-24(14-12-23)25-15-17-27(18-16-25)29-26(6-4-2)19-20-28;1-3-8-5-4-7(2)6-8;2-1(3)4;/h15-18,21-24,26,28H,3-14,19-20H2,1-2H3;3-6H2,1-2H3;;1H/p-1. The van der Waals surface area contributed by atoms with Crippen LogP contribution in [-0.2, 0) is 0 Å². The zero-order valence-corrected chi connectivity index (χ0v) is 26.8. The molecule has 0 bridgehead atoms. The number of likely N-dealkylation sites (N-methyl/N-ethyl adjacent to an activating group) is 2. The van der Waals surface area contributed by atoms with Crippen LogP contribution < -0.4 is 9.44 Å². The highest BCUT2D eigenvalue weighted by atomic mass is 19.4. The van der Waals surface area contributed by atoms with Gasteiger partial charge in [0.2, 0.25) is 0 Å². The van der Waals surface area contributed by atoms with Crippen molar-refractivity contribution in [2.75, 3.05) is 40.0 Å². The maximum absolute atomic E-state index is 9.67. The first kappa shape index (κ1) is 38.7. The molecule has 1 unspecified atom stereocenters. The second kappa shape index (κ2) is 22.2. The Kier molecular flexibility index (Phi) is 20.5. The fourth-order valence-corrected chi connectivity index (χ4v) is 7.07. The first-order valence-corrected chi connectivity index (χ1v) is 16.5. The van der Waals surface area contributed by atoms with E-state index in [0.717, 1.165) is 55.4 Å². The van der Waals surface area contributed by atoms with Gasteiger partial charge in [-0.25, -0.2) is 0 Å². The Morgan fingerprint density at radius 1 is 0.857 bits per heavy atom. The average molecular weight is 602 g/mol. The molecule has 2 saturated carbocycles. The monoisotopic (exact) mass is 601 g/mol. The van der Waals surface area contributed by atoms with E-state index in [1.54, 1.807) is 0 Å². The molecule has 0 amide bonds. The van der Waals surface area contributed by atoms with Gasteiger partial charge in [-0.05, 0) is 99.9 Å². The zero-order chi connectivity index (χ0) is 30.0. The van der Waals surface area contributed by atoms with Gasteiger partial charge in [-0.3, -0.25) is 22.7 Å². The summed E-state index contributed by atoms with van der Waals surface area (Å²) in [4.78, 5) is 4.77. The predicted octanol–water partition coefficient (Wildman–Crippen LogP) is 5.59. The van der Waals surface area contributed by atoms with Crippen LogP contribution >= 0.6 is 0 Å². The highest BCUT2D eigenvalue weighted by Crippen LogP contribution is 2.44. The third-order valence-corrected chi connectivity index (χ3v) is 9.43. The van der Waals surface area contributed by atoms with Crippen molar-refractivity contribution in [1.82, 2.24) is 9.80 Å². The number of halogens is 4. The summed E-state index contributed by atoms with van der Waals surface area (Å²) in [5.41, 5.74) is 1.50. The van der Waals surface area contributed by atoms with Crippen molar-refractivity contribution in [3.8, 4) is 5.75 Å².